The molecule has 0 spiro atoms. The van der Waals surface area contributed by atoms with Gasteiger partial charge < -0.3 is 15.0 Å². The Hall–Kier alpha value is -1.49. The quantitative estimate of drug-likeness (QED) is 0.785. The SMILES string of the molecule is CC(C)(C)OC(=O)N1CCC(C[C@H](Nc2ccc(Cl)cn2)C2CC2)CC1. The number of carbonyl (C=O) groups is 1. The van der Waals surface area contributed by atoms with Gasteiger partial charge in [-0.2, -0.15) is 0 Å². The molecule has 1 saturated carbocycles. The van der Waals surface area contributed by atoms with Crippen LogP contribution in [0.25, 0.3) is 0 Å². The third kappa shape index (κ3) is 5.76. The fourth-order valence-corrected chi connectivity index (χ4v) is 3.67. The lowest BCUT2D eigenvalue weighted by molar-refractivity contribution is 0.0179. The van der Waals surface area contributed by atoms with Crippen molar-refractivity contribution in [1.29, 1.82) is 0 Å². The largest absolute Gasteiger partial charge is 0.444 e. The molecule has 2 fully saturated rings. The lowest BCUT2D eigenvalue weighted by Gasteiger charge is -2.35. The highest BCUT2D eigenvalue weighted by molar-refractivity contribution is 6.30. The van der Waals surface area contributed by atoms with Crippen molar-refractivity contribution in [3.63, 3.8) is 0 Å². The van der Waals surface area contributed by atoms with E-state index in [2.05, 4.69) is 10.3 Å². The van der Waals surface area contributed by atoms with E-state index in [1.807, 2.05) is 37.8 Å². The van der Waals surface area contributed by atoms with Crippen LogP contribution in [-0.4, -0.2) is 40.7 Å². The highest BCUT2D eigenvalue weighted by atomic mass is 35.5. The van der Waals surface area contributed by atoms with Crippen molar-refractivity contribution in [2.75, 3.05) is 18.4 Å². The Bertz CT molecular complexity index is 602. The third-order valence-electron chi connectivity index (χ3n) is 5.11. The van der Waals surface area contributed by atoms with Gasteiger partial charge in [0.2, 0.25) is 0 Å². The van der Waals surface area contributed by atoms with Gasteiger partial charge in [0.1, 0.15) is 11.4 Å². The molecule has 0 unspecified atom stereocenters. The summed E-state index contributed by atoms with van der Waals surface area (Å²) >= 11 is 5.93. The summed E-state index contributed by atoms with van der Waals surface area (Å²) in [5.74, 6) is 2.29. The molecule has 1 saturated heterocycles. The number of hydrogen-bond acceptors (Lipinski definition) is 4. The Kier molecular flexibility index (Phi) is 5.96. The van der Waals surface area contributed by atoms with Crippen molar-refractivity contribution in [1.82, 2.24) is 9.88 Å². The second-order valence-electron chi connectivity index (χ2n) is 8.60. The average Bonchev–Trinajstić information content (AvgIpc) is 3.40. The van der Waals surface area contributed by atoms with Gasteiger partial charge in [0.15, 0.2) is 0 Å². The minimum atomic E-state index is -0.430. The number of hydrogen-bond donors (Lipinski definition) is 1. The predicted octanol–water partition coefficient (Wildman–Crippen LogP) is 4.96. The summed E-state index contributed by atoms with van der Waals surface area (Å²) in [4.78, 5) is 18.4. The number of halogens is 1. The van der Waals surface area contributed by atoms with Crippen LogP contribution in [0.5, 0.6) is 0 Å². The number of amides is 1. The molecule has 1 atom stereocenters. The van der Waals surface area contributed by atoms with Gasteiger partial charge in [-0.25, -0.2) is 9.78 Å². The highest BCUT2D eigenvalue weighted by Crippen LogP contribution is 2.38. The molecule has 0 bridgehead atoms. The molecule has 1 amide bonds. The molecule has 0 radical (unpaired) electrons. The molecule has 0 aromatic carbocycles. The van der Waals surface area contributed by atoms with E-state index in [0.717, 1.165) is 44.1 Å². The van der Waals surface area contributed by atoms with E-state index in [9.17, 15) is 4.79 Å². The van der Waals surface area contributed by atoms with Crippen LogP contribution in [-0.2, 0) is 4.74 Å². The molecule has 26 heavy (non-hydrogen) atoms. The van der Waals surface area contributed by atoms with Gasteiger partial charge in [-0.05, 0) is 76.8 Å². The number of aromatic nitrogens is 1. The van der Waals surface area contributed by atoms with Gasteiger partial charge in [0, 0.05) is 25.3 Å². The van der Waals surface area contributed by atoms with E-state index >= 15 is 0 Å². The summed E-state index contributed by atoms with van der Waals surface area (Å²) in [7, 11) is 0. The first-order chi connectivity index (χ1) is 12.3. The van der Waals surface area contributed by atoms with Gasteiger partial charge in [-0.1, -0.05) is 11.6 Å². The monoisotopic (exact) mass is 379 g/mol. The van der Waals surface area contributed by atoms with Crippen molar-refractivity contribution in [2.24, 2.45) is 11.8 Å². The van der Waals surface area contributed by atoms with Crippen molar-refractivity contribution in [3.05, 3.63) is 23.4 Å². The maximum atomic E-state index is 12.2. The molecule has 1 aliphatic carbocycles. The zero-order chi connectivity index (χ0) is 18.7. The minimum Gasteiger partial charge on any atom is -0.444 e. The summed E-state index contributed by atoms with van der Waals surface area (Å²) < 4.78 is 5.49. The van der Waals surface area contributed by atoms with Crippen LogP contribution in [0.3, 0.4) is 0 Å². The first-order valence-corrected chi connectivity index (χ1v) is 10.0. The van der Waals surface area contributed by atoms with Gasteiger partial charge in [-0.3, -0.25) is 0 Å². The Labute approximate surface area is 161 Å². The molecule has 1 aromatic rings. The zero-order valence-electron chi connectivity index (χ0n) is 16.0. The highest BCUT2D eigenvalue weighted by Gasteiger charge is 2.35. The van der Waals surface area contributed by atoms with Gasteiger partial charge in [-0.15, -0.1) is 0 Å². The molecule has 1 aliphatic heterocycles. The van der Waals surface area contributed by atoms with Crippen LogP contribution >= 0.6 is 11.6 Å². The minimum absolute atomic E-state index is 0.182. The summed E-state index contributed by atoms with van der Waals surface area (Å²) in [5, 5.41) is 4.27. The molecule has 1 N–H and O–H groups in total. The number of rotatable bonds is 5. The zero-order valence-corrected chi connectivity index (χ0v) is 16.8. The Balaban J connectivity index is 1.49. The molecule has 2 heterocycles. The van der Waals surface area contributed by atoms with Gasteiger partial charge in [0.25, 0.3) is 0 Å². The maximum Gasteiger partial charge on any atom is 0.410 e. The van der Waals surface area contributed by atoms with Crippen LogP contribution in [0.2, 0.25) is 5.02 Å². The predicted molar refractivity (Wildman–Crippen MR) is 105 cm³/mol. The van der Waals surface area contributed by atoms with Crippen LogP contribution in [0.1, 0.15) is 52.9 Å². The Morgan fingerprint density at radius 1 is 1.31 bits per heavy atom. The molecule has 2 aliphatic rings. The number of pyridine rings is 1. The fraction of sp³-hybridized carbons (Fsp3) is 0.700. The van der Waals surface area contributed by atoms with E-state index in [4.69, 9.17) is 16.3 Å². The first kappa shape index (κ1) is 19.3. The molecule has 5 nitrogen and oxygen atoms in total. The number of nitrogens with one attached hydrogen (secondary N) is 1. The maximum absolute atomic E-state index is 12.2. The molecule has 6 heteroatoms. The van der Waals surface area contributed by atoms with Crippen molar-refractivity contribution < 1.29 is 9.53 Å². The second kappa shape index (κ2) is 8.03. The average molecular weight is 380 g/mol. The summed E-state index contributed by atoms with van der Waals surface area (Å²) in [5.41, 5.74) is -0.430. The van der Waals surface area contributed by atoms with Gasteiger partial charge >= 0.3 is 6.09 Å². The summed E-state index contributed by atoms with van der Waals surface area (Å²) in [6, 6.07) is 4.28. The van der Waals surface area contributed by atoms with E-state index < -0.39 is 5.60 Å². The van der Waals surface area contributed by atoms with E-state index in [0.29, 0.717) is 17.0 Å². The van der Waals surface area contributed by atoms with Gasteiger partial charge in [0.05, 0.1) is 5.02 Å². The number of anilines is 1. The third-order valence-corrected chi connectivity index (χ3v) is 5.33. The Morgan fingerprint density at radius 2 is 2.00 bits per heavy atom. The van der Waals surface area contributed by atoms with Crippen LogP contribution < -0.4 is 5.32 Å². The van der Waals surface area contributed by atoms with Crippen molar-refractivity contribution >= 4 is 23.5 Å². The smallest absolute Gasteiger partial charge is 0.410 e. The number of nitrogens with zero attached hydrogens (tertiary/aromatic N) is 2. The molecular formula is C20H30ClN3O2. The molecule has 1 aromatic heterocycles. The second-order valence-corrected chi connectivity index (χ2v) is 9.03. The van der Waals surface area contributed by atoms with Crippen molar-refractivity contribution in [2.45, 2.75) is 64.5 Å². The number of ether oxygens (including phenoxy) is 1. The lowest BCUT2D eigenvalue weighted by Crippen LogP contribution is -2.42. The van der Waals surface area contributed by atoms with E-state index in [1.165, 1.54) is 12.8 Å². The standard InChI is InChI=1S/C20H30ClN3O2/c1-20(2,3)26-19(25)24-10-8-14(9-11-24)12-17(15-4-5-15)23-18-7-6-16(21)13-22-18/h6-7,13-15,17H,4-5,8-12H2,1-3H3,(H,22,23)/t17-/m0/s1. The Morgan fingerprint density at radius 3 is 2.54 bits per heavy atom. The number of likely N-dealkylation sites (tertiary alicyclic amines) is 1. The number of piperidine rings is 1. The normalized spacial score (nSPS) is 19.9. The van der Waals surface area contributed by atoms with Crippen LogP contribution in [0.15, 0.2) is 18.3 Å². The molecule has 3 rings (SSSR count). The van der Waals surface area contributed by atoms with E-state index in [1.54, 1.807) is 6.20 Å². The van der Waals surface area contributed by atoms with Crippen molar-refractivity contribution in [3.8, 4) is 0 Å². The molecular weight excluding hydrogens is 350 g/mol. The fourth-order valence-electron chi connectivity index (χ4n) is 3.56. The van der Waals surface area contributed by atoms with E-state index in [-0.39, 0.29) is 6.09 Å². The topological polar surface area (TPSA) is 54.5 Å². The first-order valence-electron chi connectivity index (χ1n) is 9.66. The van der Waals surface area contributed by atoms with Crippen LogP contribution in [0.4, 0.5) is 10.6 Å². The lowest BCUT2D eigenvalue weighted by atomic mass is 9.88. The number of carbonyl (C=O) groups excluding carboxylic acids is 1. The van der Waals surface area contributed by atoms with Crippen LogP contribution in [0, 0.1) is 11.8 Å². The summed E-state index contributed by atoms with van der Waals surface area (Å²) in [6.07, 6.45) is 7.31. The summed E-state index contributed by atoms with van der Waals surface area (Å²) in [6.45, 7) is 7.31. The molecule has 144 valence electrons.